The predicted octanol–water partition coefficient (Wildman–Crippen LogP) is 2.36. The second kappa shape index (κ2) is 8.55. The Morgan fingerprint density at radius 1 is 1.23 bits per heavy atom. The average Bonchev–Trinajstić information content (AvgIpc) is 3.10. The van der Waals surface area contributed by atoms with Crippen LogP contribution in [0, 0.1) is 13.8 Å². The summed E-state index contributed by atoms with van der Waals surface area (Å²) in [5, 5.41) is 5.71. The van der Waals surface area contributed by atoms with Gasteiger partial charge in [0.15, 0.2) is 5.65 Å². The van der Waals surface area contributed by atoms with Crippen molar-refractivity contribution in [1.82, 2.24) is 24.2 Å². The molecule has 0 radical (unpaired) electrons. The van der Waals surface area contributed by atoms with Crippen LogP contribution in [-0.4, -0.2) is 59.2 Å². The second-order valence-corrected chi connectivity index (χ2v) is 10.2. The molecule has 0 saturated carbocycles. The minimum absolute atomic E-state index is 0.0597. The zero-order valence-corrected chi connectivity index (χ0v) is 19.1. The van der Waals surface area contributed by atoms with Gasteiger partial charge in [-0.2, -0.15) is 5.10 Å². The van der Waals surface area contributed by atoms with E-state index in [1.165, 1.54) is 0 Å². The summed E-state index contributed by atoms with van der Waals surface area (Å²) in [4.78, 5) is 19.7. The van der Waals surface area contributed by atoms with E-state index in [1.807, 2.05) is 47.5 Å². The van der Waals surface area contributed by atoms with E-state index < -0.39 is 10.0 Å². The van der Waals surface area contributed by atoms with Gasteiger partial charge in [0.25, 0.3) is 0 Å². The third-order valence-corrected chi connectivity index (χ3v) is 6.83. The molecule has 8 nitrogen and oxygen atoms in total. The Morgan fingerprint density at radius 3 is 2.77 bits per heavy atom. The normalized spacial score (nSPS) is 17.5. The van der Waals surface area contributed by atoms with Gasteiger partial charge in [0.05, 0.1) is 11.8 Å². The maximum Gasteiger partial charge on any atom is 0.223 e. The highest BCUT2D eigenvalue weighted by Crippen LogP contribution is 2.24. The van der Waals surface area contributed by atoms with Crippen molar-refractivity contribution >= 4 is 32.5 Å². The lowest BCUT2D eigenvalue weighted by Crippen LogP contribution is -2.49. The van der Waals surface area contributed by atoms with Crippen molar-refractivity contribution < 1.29 is 13.2 Å². The van der Waals surface area contributed by atoms with Gasteiger partial charge in [-0.05, 0) is 57.2 Å². The molecule has 1 saturated heterocycles. The molecule has 4 rings (SSSR count). The Hall–Kier alpha value is -2.52. The van der Waals surface area contributed by atoms with Crippen molar-refractivity contribution in [3.8, 4) is 0 Å². The van der Waals surface area contributed by atoms with Crippen LogP contribution in [0.15, 0.2) is 24.3 Å². The van der Waals surface area contributed by atoms with Crippen LogP contribution in [0.4, 0.5) is 0 Å². The summed E-state index contributed by atoms with van der Waals surface area (Å²) in [5.74, 6) is 0.0597. The first-order valence-electron chi connectivity index (χ1n) is 10.7. The fraction of sp³-hybridized carbons (Fsp3) is 0.500. The number of aryl methyl sites for hydroxylation is 2. The molecule has 1 aromatic carbocycles. The minimum Gasteiger partial charge on any atom is -0.338 e. The van der Waals surface area contributed by atoms with Crippen molar-refractivity contribution in [2.45, 2.75) is 52.0 Å². The minimum atomic E-state index is -3.28. The van der Waals surface area contributed by atoms with Crippen molar-refractivity contribution in [2.75, 3.05) is 19.3 Å². The highest BCUT2D eigenvalue weighted by molar-refractivity contribution is 7.88. The first-order valence-corrected chi connectivity index (χ1v) is 12.6. The lowest BCUT2D eigenvalue weighted by Gasteiger charge is -2.36. The van der Waals surface area contributed by atoms with Crippen LogP contribution in [0.3, 0.4) is 0 Å². The molecule has 1 amide bonds. The van der Waals surface area contributed by atoms with Gasteiger partial charge in [-0.15, -0.1) is 0 Å². The van der Waals surface area contributed by atoms with Gasteiger partial charge in [-0.25, -0.2) is 22.6 Å². The van der Waals surface area contributed by atoms with E-state index in [9.17, 15) is 13.2 Å². The number of carbonyl (C=O) groups is 1. The highest BCUT2D eigenvalue weighted by atomic mass is 32.2. The molecule has 0 aliphatic carbocycles. The number of nitrogens with one attached hydrogen (secondary N) is 1. The van der Waals surface area contributed by atoms with Gasteiger partial charge in [-0.3, -0.25) is 4.79 Å². The van der Waals surface area contributed by atoms with Gasteiger partial charge in [0.2, 0.25) is 15.9 Å². The lowest BCUT2D eigenvalue weighted by atomic mass is 10.0. The maximum atomic E-state index is 13.0. The number of sulfonamides is 1. The second-order valence-electron chi connectivity index (χ2n) is 8.37. The third-order valence-electron chi connectivity index (χ3n) is 6.14. The summed E-state index contributed by atoms with van der Waals surface area (Å²) in [6.45, 7) is 4.95. The molecule has 1 aliphatic rings. The summed E-state index contributed by atoms with van der Waals surface area (Å²) in [5.41, 5.74) is 4.69. The van der Waals surface area contributed by atoms with Gasteiger partial charge < -0.3 is 4.90 Å². The monoisotopic (exact) mass is 443 g/mol. The van der Waals surface area contributed by atoms with Crippen molar-refractivity contribution in [3.05, 3.63) is 41.2 Å². The lowest BCUT2D eigenvalue weighted by molar-refractivity contribution is -0.134. The van der Waals surface area contributed by atoms with Crippen molar-refractivity contribution in [1.29, 1.82) is 0 Å². The van der Waals surface area contributed by atoms with E-state index in [1.54, 1.807) is 0 Å². The summed E-state index contributed by atoms with van der Waals surface area (Å²) in [6.07, 6.45) is 4.87. The van der Waals surface area contributed by atoms with Gasteiger partial charge in [0.1, 0.15) is 0 Å². The standard InChI is InChI=1S/C22H29N5O3S/c1-15-18(16(2)27-22(24-15)19-9-4-5-10-20(19)25-27)11-12-21(28)26-13-7-6-8-17(26)14-23-31(3,29)30/h4-5,9-10,17,23H,6-8,11-14H2,1-3H3. The third kappa shape index (κ3) is 4.57. The molecule has 0 bridgehead atoms. The van der Waals surface area contributed by atoms with Crippen LogP contribution in [0.1, 0.15) is 42.6 Å². The molecular formula is C22H29N5O3S. The molecule has 9 heteroatoms. The van der Waals surface area contributed by atoms with Gasteiger partial charge in [0, 0.05) is 42.3 Å². The van der Waals surface area contributed by atoms with Crippen LogP contribution in [0.2, 0.25) is 0 Å². The predicted molar refractivity (Wildman–Crippen MR) is 120 cm³/mol. The molecule has 1 aliphatic heterocycles. The number of rotatable bonds is 6. The number of nitrogens with zero attached hydrogens (tertiary/aromatic N) is 4. The number of benzene rings is 1. The number of likely N-dealkylation sites (tertiary alicyclic amines) is 1. The molecular weight excluding hydrogens is 414 g/mol. The Morgan fingerprint density at radius 2 is 2.00 bits per heavy atom. The number of aromatic nitrogens is 3. The summed E-state index contributed by atoms with van der Waals surface area (Å²) in [7, 11) is -3.28. The summed E-state index contributed by atoms with van der Waals surface area (Å²) in [6, 6.07) is 7.85. The van der Waals surface area contributed by atoms with Gasteiger partial charge >= 0.3 is 0 Å². The Bertz CT molecular complexity index is 1230. The van der Waals surface area contributed by atoms with E-state index in [2.05, 4.69) is 9.82 Å². The first-order chi connectivity index (χ1) is 14.7. The SMILES string of the molecule is Cc1nc2c3ccccc3nn2c(C)c1CCC(=O)N1CCCCC1CNS(C)(=O)=O. The van der Waals surface area contributed by atoms with Crippen LogP contribution in [-0.2, 0) is 21.2 Å². The number of carbonyl (C=O) groups excluding carboxylic acids is 1. The number of hydrogen-bond donors (Lipinski definition) is 1. The Kier molecular flexibility index (Phi) is 5.98. The quantitative estimate of drug-likeness (QED) is 0.631. The molecule has 0 spiro atoms. The smallest absolute Gasteiger partial charge is 0.223 e. The number of amides is 1. The summed E-state index contributed by atoms with van der Waals surface area (Å²) < 4.78 is 27.4. The number of piperidine rings is 1. The Balaban J connectivity index is 1.52. The molecule has 1 unspecified atom stereocenters. The molecule has 31 heavy (non-hydrogen) atoms. The number of fused-ring (bicyclic) bond motifs is 3. The van der Waals surface area contributed by atoms with Crippen molar-refractivity contribution in [2.24, 2.45) is 0 Å². The molecule has 3 aromatic rings. The molecule has 3 heterocycles. The zero-order chi connectivity index (χ0) is 22.2. The Labute approximate surface area is 182 Å². The van der Waals surface area contributed by atoms with Crippen LogP contribution >= 0.6 is 0 Å². The first kappa shape index (κ1) is 21.7. The van der Waals surface area contributed by atoms with E-state index in [0.717, 1.165) is 59.0 Å². The van der Waals surface area contributed by atoms with Crippen LogP contribution in [0.25, 0.3) is 16.6 Å². The van der Waals surface area contributed by atoms with Crippen LogP contribution < -0.4 is 4.72 Å². The highest BCUT2D eigenvalue weighted by Gasteiger charge is 2.27. The molecule has 2 aromatic heterocycles. The van der Waals surface area contributed by atoms with E-state index in [4.69, 9.17) is 4.98 Å². The fourth-order valence-electron chi connectivity index (χ4n) is 4.50. The zero-order valence-electron chi connectivity index (χ0n) is 18.3. The topological polar surface area (TPSA) is 96.7 Å². The largest absolute Gasteiger partial charge is 0.338 e. The average molecular weight is 444 g/mol. The molecule has 166 valence electrons. The fourth-order valence-corrected chi connectivity index (χ4v) is 5.00. The van der Waals surface area contributed by atoms with Gasteiger partial charge in [-0.1, -0.05) is 12.1 Å². The number of hydrogen-bond acceptors (Lipinski definition) is 5. The van der Waals surface area contributed by atoms with E-state index >= 15 is 0 Å². The van der Waals surface area contributed by atoms with Crippen molar-refractivity contribution in [3.63, 3.8) is 0 Å². The van der Waals surface area contributed by atoms with E-state index in [0.29, 0.717) is 19.4 Å². The van der Waals surface area contributed by atoms with E-state index in [-0.39, 0.29) is 18.5 Å². The molecule has 1 N–H and O–H groups in total. The molecule has 1 atom stereocenters. The molecule has 1 fully saturated rings. The maximum absolute atomic E-state index is 13.0. The summed E-state index contributed by atoms with van der Waals surface area (Å²) >= 11 is 0. The van der Waals surface area contributed by atoms with Crippen LogP contribution in [0.5, 0.6) is 0 Å².